The number of anilines is 1. The number of carbonyl (C=O) groups excluding carboxylic acids is 1. The number of carbonyl (C=O) groups is 1. The summed E-state index contributed by atoms with van der Waals surface area (Å²) in [5.41, 5.74) is 1.28. The fourth-order valence-electron chi connectivity index (χ4n) is 2.26. The van der Waals surface area contributed by atoms with Crippen LogP contribution >= 0.6 is 0 Å². The Morgan fingerprint density at radius 1 is 1.12 bits per heavy atom. The molecule has 0 saturated carbocycles. The van der Waals surface area contributed by atoms with E-state index in [4.69, 9.17) is 0 Å². The van der Waals surface area contributed by atoms with Gasteiger partial charge in [0, 0.05) is 31.9 Å². The highest BCUT2D eigenvalue weighted by atomic mass is 16.1. The number of piperazine rings is 1. The Morgan fingerprint density at radius 3 is 2.24 bits per heavy atom. The van der Waals surface area contributed by atoms with Crippen LogP contribution in [0.4, 0.5) is 5.69 Å². The predicted octanol–water partition coefficient (Wildman–Crippen LogP) is 1.79. The first-order valence-electron chi connectivity index (χ1n) is 6.23. The lowest BCUT2D eigenvalue weighted by atomic mass is 10.1. The molecule has 0 radical (unpaired) electrons. The molecule has 1 heterocycles. The molecule has 0 aliphatic carbocycles. The molecule has 0 amide bonds. The summed E-state index contributed by atoms with van der Waals surface area (Å²) in [7, 11) is 0. The van der Waals surface area contributed by atoms with Crippen LogP contribution in [0.15, 0.2) is 30.3 Å². The molecule has 1 saturated heterocycles. The molecular formula is C14H20N2O. The molecule has 0 aromatic heterocycles. The van der Waals surface area contributed by atoms with E-state index in [1.165, 1.54) is 5.69 Å². The second kappa shape index (κ2) is 5.32. The van der Waals surface area contributed by atoms with E-state index >= 15 is 0 Å². The standard InChI is InChI=1S/C14H20N2O/c1-12(13(2)17)15-8-10-16(11-9-15)14-6-4-3-5-7-14/h3-7,12H,8-11H2,1-2H3. The van der Waals surface area contributed by atoms with Crippen LogP contribution in [0.3, 0.4) is 0 Å². The van der Waals surface area contributed by atoms with Crippen LogP contribution in [-0.2, 0) is 4.79 Å². The number of Topliss-reactive ketones (excluding diaryl/α,β-unsaturated/α-hetero) is 1. The quantitative estimate of drug-likeness (QED) is 0.793. The first kappa shape index (κ1) is 12.1. The van der Waals surface area contributed by atoms with Crippen LogP contribution in [0.5, 0.6) is 0 Å². The zero-order chi connectivity index (χ0) is 12.3. The van der Waals surface area contributed by atoms with Crippen LogP contribution in [0, 0.1) is 0 Å². The lowest BCUT2D eigenvalue weighted by Crippen LogP contribution is -2.51. The maximum atomic E-state index is 11.3. The van der Waals surface area contributed by atoms with Gasteiger partial charge in [-0.1, -0.05) is 18.2 Å². The molecule has 3 heteroatoms. The van der Waals surface area contributed by atoms with Gasteiger partial charge in [-0.3, -0.25) is 9.69 Å². The minimum absolute atomic E-state index is 0.0629. The lowest BCUT2D eigenvalue weighted by Gasteiger charge is -2.38. The van der Waals surface area contributed by atoms with E-state index in [2.05, 4.69) is 34.1 Å². The molecule has 1 aliphatic rings. The third-order valence-corrected chi connectivity index (χ3v) is 3.57. The number of ketones is 1. The van der Waals surface area contributed by atoms with Crippen LogP contribution < -0.4 is 4.90 Å². The van der Waals surface area contributed by atoms with E-state index in [1.54, 1.807) is 6.92 Å². The van der Waals surface area contributed by atoms with Crippen LogP contribution in [0.1, 0.15) is 13.8 Å². The van der Waals surface area contributed by atoms with Gasteiger partial charge in [0.1, 0.15) is 5.78 Å². The number of hydrogen-bond donors (Lipinski definition) is 0. The first-order valence-corrected chi connectivity index (χ1v) is 6.23. The maximum Gasteiger partial charge on any atom is 0.146 e. The van der Waals surface area contributed by atoms with Gasteiger partial charge >= 0.3 is 0 Å². The van der Waals surface area contributed by atoms with Crippen molar-refractivity contribution in [3.05, 3.63) is 30.3 Å². The van der Waals surface area contributed by atoms with E-state index in [1.807, 2.05) is 13.0 Å². The zero-order valence-corrected chi connectivity index (χ0v) is 10.6. The smallest absolute Gasteiger partial charge is 0.146 e. The van der Waals surface area contributed by atoms with E-state index < -0.39 is 0 Å². The Balaban J connectivity index is 1.93. The SMILES string of the molecule is CC(=O)C(C)N1CCN(c2ccccc2)CC1. The molecule has 0 spiro atoms. The molecular weight excluding hydrogens is 212 g/mol. The predicted molar refractivity (Wildman–Crippen MR) is 70.4 cm³/mol. The van der Waals surface area contributed by atoms with Crippen LogP contribution in [0.25, 0.3) is 0 Å². The molecule has 92 valence electrons. The van der Waals surface area contributed by atoms with Crippen molar-refractivity contribution in [3.8, 4) is 0 Å². The number of para-hydroxylation sites is 1. The van der Waals surface area contributed by atoms with Gasteiger partial charge in [-0.2, -0.15) is 0 Å². The van der Waals surface area contributed by atoms with Crippen molar-refractivity contribution in [2.45, 2.75) is 19.9 Å². The molecule has 0 bridgehead atoms. The third-order valence-electron chi connectivity index (χ3n) is 3.57. The molecule has 1 aliphatic heterocycles. The summed E-state index contributed by atoms with van der Waals surface area (Å²) < 4.78 is 0. The topological polar surface area (TPSA) is 23.6 Å². The number of hydrogen-bond acceptors (Lipinski definition) is 3. The van der Waals surface area contributed by atoms with Crippen molar-refractivity contribution in [2.24, 2.45) is 0 Å². The number of nitrogens with zero attached hydrogens (tertiary/aromatic N) is 2. The maximum absolute atomic E-state index is 11.3. The lowest BCUT2D eigenvalue weighted by molar-refractivity contribution is -0.121. The number of rotatable bonds is 3. The Hall–Kier alpha value is -1.35. The van der Waals surface area contributed by atoms with Crippen LogP contribution in [-0.4, -0.2) is 42.9 Å². The Labute approximate surface area is 103 Å². The van der Waals surface area contributed by atoms with Crippen molar-refractivity contribution >= 4 is 11.5 Å². The number of benzene rings is 1. The summed E-state index contributed by atoms with van der Waals surface area (Å²) in [5, 5.41) is 0. The average Bonchev–Trinajstić information content (AvgIpc) is 2.39. The second-order valence-electron chi connectivity index (χ2n) is 4.65. The minimum Gasteiger partial charge on any atom is -0.369 e. The molecule has 1 unspecified atom stereocenters. The van der Waals surface area contributed by atoms with Gasteiger partial charge in [0.15, 0.2) is 0 Å². The van der Waals surface area contributed by atoms with Gasteiger partial charge in [0.05, 0.1) is 6.04 Å². The largest absolute Gasteiger partial charge is 0.369 e. The summed E-state index contributed by atoms with van der Waals surface area (Å²) in [6, 6.07) is 10.5. The van der Waals surface area contributed by atoms with Gasteiger partial charge in [0.2, 0.25) is 0 Å². The molecule has 0 N–H and O–H groups in total. The molecule has 17 heavy (non-hydrogen) atoms. The van der Waals surface area contributed by atoms with Gasteiger partial charge in [-0.25, -0.2) is 0 Å². The Morgan fingerprint density at radius 2 is 1.71 bits per heavy atom. The minimum atomic E-state index is 0.0629. The summed E-state index contributed by atoms with van der Waals surface area (Å²) in [6.45, 7) is 7.61. The molecule has 3 nitrogen and oxygen atoms in total. The molecule has 1 aromatic rings. The molecule has 1 atom stereocenters. The van der Waals surface area contributed by atoms with Crippen LogP contribution in [0.2, 0.25) is 0 Å². The Bertz CT molecular complexity index is 369. The van der Waals surface area contributed by atoms with E-state index in [0.29, 0.717) is 0 Å². The fraction of sp³-hybridized carbons (Fsp3) is 0.500. The van der Waals surface area contributed by atoms with E-state index in [-0.39, 0.29) is 11.8 Å². The van der Waals surface area contributed by atoms with E-state index in [0.717, 1.165) is 26.2 Å². The van der Waals surface area contributed by atoms with Crippen molar-refractivity contribution < 1.29 is 4.79 Å². The van der Waals surface area contributed by atoms with Gasteiger partial charge in [-0.15, -0.1) is 0 Å². The highest BCUT2D eigenvalue weighted by Crippen LogP contribution is 2.16. The van der Waals surface area contributed by atoms with Crippen molar-refractivity contribution in [2.75, 3.05) is 31.1 Å². The molecule has 2 rings (SSSR count). The normalized spacial score (nSPS) is 19.1. The highest BCUT2D eigenvalue weighted by molar-refractivity contribution is 5.81. The average molecular weight is 232 g/mol. The summed E-state index contributed by atoms with van der Waals surface area (Å²) in [5.74, 6) is 0.262. The Kier molecular flexibility index (Phi) is 3.79. The van der Waals surface area contributed by atoms with Crippen molar-refractivity contribution in [1.82, 2.24) is 4.90 Å². The first-order chi connectivity index (χ1) is 8.18. The van der Waals surface area contributed by atoms with Crippen molar-refractivity contribution in [3.63, 3.8) is 0 Å². The summed E-state index contributed by atoms with van der Waals surface area (Å²) in [6.07, 6.45) is 0. The van der Waals surface area contributed by atoms with Crippen molar-refractivity contribution in [1.29, 1.82) is 0 Å². The zero-order valence-electron chi connectivity index (χ0n) is 10.6. The molecule has 1 fully saturated rings. The van der Waals surface area contributed by atoms with Gasteiger partial charge in [-0.05, 0) is 26.0 Å². The second-order valence-corrected chi connectivity index (χ2v) is 4.65. The third kappa shape index (κ3) is 2.86. The summed E-state index contributed by atoms with van der Waals surface area (Å²) in [4.78, 5) is 16.0. The summed E-state index contributed by atoms with van der Waals surface area (Å²) >= 11 is 0. The van der Waals surface area contributed by atoms with Gasteiger partial charge < -0.3 is 4.90 Å². The molecule has 1 aromatic carbocycles. The fourth-order valence-corrected chi connectivity index (χ4v) is 2.26. The monoisotopic (exact) mass is 232 g/mol. The van der Waals surface area contributed by atoms with E-state index in [9.17, 15) is 4.79 Å². The van der Waals surface area contributed by atoms with Gasteiger partial charge in [0.25, 0.3) is 0 Å². The highest BCUT2D eigenvalue weighted by Gasteiger charge is 2.23.